The standard InChI is InChI=1S/C29H29NO5/c1-5-16-35-25-15-14-20(18-26(25)34-6-2)17-23-27(29(32)33-4)19(3)30(28(23)31)24-13-9-11-21-10-7-8-12-22(21)24/h7-15,17-18H,5-6,16H2,1-4H3. The van der Waals surface area contributed by atoms with E-state index in [1.54, 1.807) is 17.9 Å². The van der Waals surface area contributed by atoms with E-state index in [2.05, 4.69) is 0 Å². The number of carbonyl (C=O) groups excluding carboxylic acids is 2. The lowest BCUT2D eigenvalue weighted by Crippen LogP contribution is -2.24. The van der Waals surface area contributed by atoms with Crippen molar-refractivity contribution in [1.29, 1.82) is 0 Å². The predicted octanol–water partition coefficient (Wildman–Crippen LogP) is 5.90. The first kappa shape index (κ1) is 24.1. The number of rotatable bonds is 8. The molecule has 6 nitrogen and oxygen atoms in total. The summed E-state index contributed by atoms with van der Waals surface area (Å²) in [5.41, 5.74) is 2.47. The van der Waals surface area contributed by atoms with Crippen LogP contribution in [0.2, 0.25) is 0 Å². The second-order valence-corrected chi connectivity index (χ2v) is 8.14. The van der Waals surface area contributed by atoms with Crippen LogP contribution in [0.5, 0.6) is 11.5 Å². The first-order valence-corrected chi connectivity index (χ1v) is 11.7. The predicted molar refractivity (Wildman–Crippen MR) is 138 cm³/mol. The van der Waals surface area contributed by atoms with E-state index < -0.39 is 5.97 Å². The van der Waals surface area contributed by atoms with Gasteiger partial charge >= 0.3 is 5.97 Å². The van der Waals surface area contributed by atoms with Crippen LogP contribution in [0.4, 0.5) is 5.69 Å². The highest BCUT2D eigenvalue weighted by atomic mass is 16.5. The van der Waals surface area contributed by atoms with Gasteiger partial charge in [0.2, 0.25) is 0 Å². The molecule has 0 radical (unpaired) electrons. The minimum absolute atomic E-state index is 0.245. The fourth-order valence-corrected chi connectivity index (χ4v) is 4.25. The number of methoxy groups -OCH3 is 1. The van der Waals surface area contributed by atoms with Crippen molar-refractivity contribution in [3.8, 4) is 11.5 Å². The largest absolute Gasteiger partial charge is 0.490 e. The molecule has 0 spiro atoms. The van der Waals surface area contributed by atoms with E-state index in [1.165, 1.54) is 7.11 Å². The Morgan fingerprint density at radius 2 is 1.74 bits per heavy atom. The molecule has 0 fully saturated rings. The zero-order valence-corrected chi connectivity index (χ0v) is 20.5. The second-order valence-electron chi connectivity index (χ2n) is 8.14. The maximum Gasteiger partial charge on any atom is 0.340 e. The number of amides is 1. The zero-order chi connectivity index (χ0) is 24.9. The zero-order valence-electron chi connectivity index (χ0n) is 20.5. The summed E-state index contributed by atoms with van der Waals surface area (Å²) in [4.78, 5) is 28.2. The van der Waals surface area contributed by atoms with Gasteiger partial charge in [-0.2, -0.15) is 0 Å². The molecule has 1 heterocycles. The van der Waals surface area contributed by atoms with Gasteiger partial charge in [-0.15, -0.1) is 0 Å². The molecule has 0 aliphatic carbocycles. The molecule has 3 aromatic rings. The van der Waals surface area contributed by atoms with E-state index in [9.17, 15) is 9.59 Å². The van der Waals surface area contributed by atoms with Crippen LogP contribution in [-0.2, 0) is 14.3 Å². The summed E-state index contributed by atoms with van der Waals surface area (Å²) < 4.78 is 16.6. The van der Waals surface area contributed by atoms with Gasteiger partial charge in [-0.25, -0.2) is 4.79 Å². The Balaban J connectivity index is 1.82. The van der Waals surface area contributed by atoms with Crippen LogP contribution in [0.3, 0.4) is 0 Å². The molecule has 1 aliphatic heterocycles. The van der Waals surface area contributed by atoms with Crippen LogP contribution in [0.15, 0.2) is 77.5 Å². The van der Waals surface area contributed by atoms with Crippen molar-refractivity contribution in [3.05, 3.63) is 83.1 Å². The van der Waals surface area contributed by atoms with Gasteiger partial charge in [-0.1, -0.05) is 49.4 Å². The van der Waals surface area contributed by atoms with Gasteiger partial charge in [-0.3, -0.25) is 9.69 Å². The Bertz CT molecular complexity index is 1330. The molecule has 0 bridgehead atoms. The number of hydrogen-bond acceptors (Lipinski definition) is 5. The maximum atomic E-state index is 13.8. The molecule has 4 rings (SSSR count). The number of ether oxygens (including phenoxy) is 3. The first-order valence-electron chi connectivity index (χ1n) is 11.7. The highest BCUT2D eigenvalue weighted by Gasteiger charge is 2.38. The molecule has 35 heavy (non-hydrogen) atoms. The number of esters is 1. The number of carbonyl (C=O) groups is 2. The smallest absolute Gasteiger partial charge is 0.340 e. The molecular weight excluding hydrogens is 442 g/mol. The van der Waals surface area contributed by atoms with Crippen molar-refractivity contribution in [1.82, 2.24) is 0 Å². The highest BCUT2D eigenvalue weighted by Crippen LogP contribution is 2.39. The van der Waals surface area contributed by atoms with Crippen LogP contribution in [0.1, 0.15) is 32.8 Å². The summed E-state index contributed by atoms with van der Waals surface area (Å²) in [7, 11) is 1.32. The summed E-state index contributed by atoms with van der Waals surface area (Å²) in [5, 5.41) is 1.93. The average Bonchev–Trinajstić information content (AvgIpc) is 3.11. The number of nitrogens with zero attached hydrogens (tertiary/aromatic N) is 1. The third kappa shape index (κ3) is 4.64. The minimum Gasteiger partial charge on any atom is -0.490 e. The van der Waals surface area contributed by atoms with E-state index in [-0.39, 0.29) is 17.1 Å². The second kappa shape index (κ2) is 10.5. The van der Waals surface area contributed by atoms with E-state index in [4.69, 9.17) is 14.2 Å². The number of fused-ring (bicyclic) bond motifs is 1. The molecule has 0 atom stereocenters. The summed E-state index contributed by atoms with van der Waals surface area (Å²) in [6, 6.07) is 19.1. The molecular formula is C29H29NO5. The molecule has 180 valence electrons. The maximum absolute atomic E-state index is 13.8. The normalized spacial score (nSPS) is 14.7. The van der Waals surface area contributed by atoms with Gasteiger partial charge in [0.05, 0.1) is 37.2 Å². The topological polar surface area (TPSA) is 65.1 Å². The Morgan fingerprint density at radius 1 is 0.971 bits per heavy atom. The summed E-state index contributed by atoms with van der Waals surface area (Å²) in [6.07, 6.45) is 2.58. The van der Waals surface area contributed by atoms with Crippen LogP contribution in [-0.4, -0.2) is 32.2 Å². The molecule has 6 heteroatoms. The molecule has 0 saturated carbocycles. The minimum atomic E-state index is -0.558. The summed E-state index contributed by atoms with van der Waals surface area (Å²) in [5.74, 6) is 0.388. The van der Waals surface area contributed by atoms with Crippen molar-refractivity contribution in [2.24, 2.45) is 0 Å². The monoisotopic (exact) mass is 471 g/mol. The summed E-state index contributed by atoms with van der Waals surface area (Å²) in [6.45, 7) is 6.75. The van der Waals surface area contributed by atoms with Crippen molar-refractivity contribution in [3.63, 3.8) is 0 Å². The fourth-order valence-electron chi connectivity index (χ4n) is 4.25. The first-order chi connectivity index (χ1) is 17.0. The average molecular weight is 472 g/mol. The van der Waals surface area contributed by atoms with E-state index in [0.29, 0.717) is 36.1 Å². The van der Waals surface area contributed by atoms with Crippen LogP contribution < -0.4 is 14.4 Å². The molecule has 0 saturated heterocycles. The SMILES string of the molecule is CCCOc1ccc(C=C2C(=O)N(c3cccc4ccccc34)C(C)=C2C(=O)OC)cc1OCC. The number of hydrogen-bond donors (Lipinski definition) is 0. The van der Waals surface area contributed by atoms with Crippen molar-refractivity contribution in [2.75, 3.05) is 25.2 Å². The van der Waals surface area contributed by atoms with E-state index in [0.717, 1.165) is 22.8 Å². The Kier molecular flexibility index (Phi) is 7.20. The number of allylic oxidation sites excluding steroid dienone is 1. The van der Waals surface area contributed by atoms with Gasteiger partial charge in [0.15, 0.2) is 11.5 Å². The van der Waals surface area contributed by atoms with E-state index in [1.807, 2.05) is 74.5 Å². The molecule has 3 aromatic carbocycles. The van der Waals surface area contributed by atoms with Crippen molar-refractivity contribution in [2.45, 2.75) is 27.2 Å². The van der Waals surface area contributed by atoms with Gasteiger partial charge < -0.3 is 14.2 Å². The number of anilines is 1. The molecule has 0 unspecified atom stereocenters. The quantitative estimate of drug-likeness (QED) is 0.302. The highest BCUT2D eigenvalue weighted by molar-refractivity contribution is 6.25. The molecule has 0 aromatic heterocycles. The molecule has 1 aliphatic rings. The van der Waals surface area contributed by atoms with Crippen molar-refractivity contribution >= 4 is 34.4 Å². The van der Waals surface area contributed by atoms with Crippen LogP contribution >= 0.6 is 0 Å². The fraction of sp³-hybridized carbons (Fsp3) is 0.241. The Morgan fingerprint density at radius 3 is 2.49 bits per heavy atom. The Hall–Kier alpha value is -4.06. The lowest BCUT2D eigenvalue weighted by molar-refractivity contribution is -0.136. The third-order valence-corrected chi connectivity index (χ3v) is 5.84. The van der Waals surface area contributed by atoms with Crippen molar-refractivity contribution < 1.29 is 23.8 Å². The van der Waals surface area contributed by atoms with Gasteiger partial charge in [0.25, 0.3) is 5.91 Å². The lowest BCUT2D eigenvalue weighted by atomic mass is 10.0. The van der Waals surface area contributed by atoms with Gasteiger partial charge in [0, 0.05) is 11.1 Å². The van der Waals surface area contributed by atoms with Crippen LogP contribution in [0.25, 0.3) is 16.8 Å². The molecule has 0 N–H and O–H groups in total. The number of benzene rings is 3. The third-order valence-electron chi connectivity index (χ3n) is 5.84. The Labute approximate surface area is 205 Å². The summed E-state index contributed by atoms with van der Waals surface area (Å²) >= 11 is 0. The van der Waals surface area contributed by atoms with E-state index >= 15 is 0 Å². The van der Waals surface area contributed by atoms with Crippen LogP contribution in [0, 0.1) is 0 Å². The van der Waals surface area contributed by atoms with Gasteiger partial charge in [-0.05, 0) is 55.5 Å². The van der Waals surface area contributed by atoms with Gasteiger partial charge in [0.1, 0.15) is 0 Å². The molecule has 1 amide bonds. The lowest BCUT2D eigenvalue weighted by Gasteiger charge is -2.20.